The molecule has 30 heavy (non-hydrogen) atoms. The van der Waals surface area contributed by atoms with Gasteiger partial charge in [0.2, 0.25) is 15.7 Å². The molecule has 0 saturated heterocycles. The van der Waals surface area contributed by atoms with Crippen LogP contribution in [-0.2, 0) is 24.4 Å². The largest absolute Gasteiger partial charge is 0.472 e. The number of aliphatic imine (C=N–C) groups is 1. The van der Waals surface area contributed by atoms with Gasteiger partial charge in [-0.15, -0.1) is 0 Å². The molecule has 1 aliphatic rings. The second-order valence-electron chi connectivity index (χ2n) is 6.26. The van der Waals surface area contributed by atoms with Gasteiger partial charge in [-0.2, -0.15) is 8.78 Å². The highest BCUT2D eigenvalue weighted by Crippen LogP contribution is 2.32. The van der Waals surface area contributed by atoms with Crippen LogP contribution in [0.4, 0.5) is 8.78 Å². The van der Waals surface area contributed by atoms with Crippen molar-refractivity contribution in [2.24, 2.45) is 4.99 Å². The van der Waals surface area contributed by atoms with Gasteiger partial charge in [0.05, 0.1) is 15.6 Å². The predicted octanol–water partition coefficient (Wildman–Crippen LogP) is 3.41. The Morgan fingerprint density at radius 1 is 1.20 bits per heavy atom. The van der Waals surface area contributed by atoms with E-state index < -0.39 is 36.3 Å². The second-order valence-corrected chi connectivity index (χ2v) is 10.6. The standard InChI is InChI=1S/C19H22F2N2O5S2/c1-4-19(20,21)30(26,27)15-9-6-7-12-28-18(23-14(3)13-15)17-16(10-8-11-22-17)29(24,25)5-2/h6-11,13H,4-5,12H2,1-3H3/b7-6+,14-13?,15-9?,23-18?. The molecule has 2 heterocycles. The third-order valence-electron chi connectivity index (χ3n) is 4.15. The monoisotopic (exact) mass is 460 g/mol. The molecule has 164 valence electrons. The van der Waals surface area contributed by atoms with E-state index in [0.717, 1.165) is 19.1 Å². The van der Waals surface area contributed by atoms with Gasteiger partial charge in [-0.1, -0.05) is 19.9 Å². The van der Waals surface area contributed by atoms with Crippen LogP contribution in [0.2, 0.25) is 0 Å². The summed E-state index contributed by atoms with van der Waals surface area (Å²) < 4.78 is 83.0. The molecule has 11 heteroatoms. The molecule has 0 unspecified atom stereocenters. The summed E-state index contributed by atoms with van der Waals surface area (Å²) in [7, 11) is -8.61. The van der Waals surface area contributed by atoms with E-state index in [1.807, 2.05) is 0 Å². The Morgan fingerprint density at radius 3 is 2.53 bits per heavy atom. The van der Waals surface area contributed by atoms with Crippen LogP contribution in [0.3, 0.4) is 0 Å². The van der Waals surface area contributed by atoms with Gasteiger partial charge in [0.15, 0.2) is 9.84 Å². The van der Waals surface area contributed by atoms with E-state index in [0.29, 0.717) is 0 Å². The number of aromatic nitrogens is 1. The number of alkyl halides is 2. The average molecular weight is 461 g/mol. The Balaban J connectivity index is 2.64. The summed E-state index contributed by atoms with van der Waals surface area (Å²) in [5.74, 6) is -0.341. The van der Waals surface area contributed by atoms with Crippen molar-refractivity contribution in [1.29, 1.82) is 0 Å². The third-order valence-corrected chi connectivity index (χ3v) is 7.85. The molecule has 0 radical (unpaired) electrons. The molecule has 0 aliphatic carbocycles. The lowest BCUT2D eigenvalue weighted by Crippen LogP contribution is -2.28. The maximum Gasteiger partial charge on any atom is 0.349 e. The normalized spacial score (nSPS) is 17.3. The summed E-state index contributed by atoms with van der Waals surface area (Å²) in [4.78, 5) is 7.48. The van der Waals surface area contributed by atoms with Crippen molar-refractivity contribution in [3.63, 3.8) is 0 Å². The number of nitrogens with zero attached hydrogens (tertiary/aromatic N) is 2. The zero-order valence-electron chi connectivity index (χ0n) is 16.7. The third kappa shape index (κ3) is 5.01. The van der Waals surface area contributed by atoms with Crippen LogP contribution in [-0.4, -0.2) is 45.3 Å². The minimum atomic E-state index is -4.95. The Labute approximate surface area is 174 Å². The van der Waals surface area contributed by atoms with Gasteiger partial charge in [0.1, 0.15) is 12.3 Å². The van der Waals surface area contributed by atoms with Crippen LogP contribution in [0.25, 0.3) is 0 Å². The zero-order chi connectivity index (χ0) is 22.6. The molecule has 0 atom stereocenters. The second kappa shape index (κ2) is 9.17. The highest BCUT2D eigenvalue weighted by molar-refractivity contribution is 7.96. The summed E-state index contributed by atoms with van der Waals surface area (Å²) in [6.07, 6.45) is 5.16. The van der Waals surface area contributed by atoms with Gasteiger partial charge in [-0.05, 0) is 37.3 Å². The summed E-state index contributed by atoms with van der Waals surface area (Å²) in [6.45, 7) is 3.83. The smallest absolute Gasteiger partial charge is 0.349 e. The molecular formula is C19H22F2N2O5S2. The van der Waals surface area contributed by atoms with E-state index in [4.69, 9.17) is 4.74 Å². The molecule has 1 aliphatic heterocycles. The van der Waals surface area contributed by atoms with E-state index in [9.17, 15) is 25.6 Å². The van der Waals surface area contributed by atoms with Crippen LogP contribution in [0.15, 0.2) is 63.1 Å². The highest BCUT2D eigenvalue weighted by Gasteiger charge is 2.44. The van der Waals surface area contributed by atoms with Gasteiger partial charge in [-0.25, -0.2) is 26.8 Å². The van der Waals surface area contributed by atoms with Gasteiger partial charge < -0.3 is 4.74 Å². The maximum atomic E-state index is 14.0. The first-order valence-electron chi connectivity index (χ1n) is 9.03. The fourth-order valence-electron chi connectivity index (χ4n) is 2.43. The molecule has 0 saturated carbocycles. The Hall–Kier alpha value is -2.40. The molecule has 0 spiro atoms. The average Bonchev–Trinajstić information content (AvgIpc) is 2.71. The van der Waals surface area contributed by atoms with Gasteiger partial charge >= 0.3 is 5.25 Å². The Bertz CT molecular complexity index is 1140. The van der Waals surface area contributed by atoms with Gasteiger partial charge in [0.25, 0.3) is 0 Å². The first-order chi connectivity index (χ1) is 14.0. The summed E-state index contributed by atoms with van der Waals surface area (Å²) >= 11 is 0. The summed E-state index contributed by atoms with van der Waals surface area (Å²) in [5, 5.41) is -3.94. The van der Waals surface area contributed by atoms with Gasteiger partial charge in [-0.3, -0.25) is 0 Å². The van der Waals surface area contributed by atoms with E-state index in [-0.39, 0.29) is 34.5 Å². The molecule has 0 fully saturated rings. The molecule has 1 aromatic rings. The van der Waals surface area contributed by atoms with E-state index in [1.54, 1.807) is 0 Å². The van der Waals surface area contributed by atoms with Crippen molar-refractivity contribution in [2.45, 2.75) is 37.3 Å². The lowest BCUT2D eigenvalue weighted by atomic mass is 10.3. The Morgan fingerprint density at radius 2 is 1.90 bits per heavy atom. The zero-order valence-corrected chi connectivity index (χ0v) is 18.3. The van der Waals surface area contributed by atoms with Crippen LogP contribution in [0.1, 0.15) is 32.9 Å². The van der Waals surface area contributed by atoms with E-state index in [2.05, 4.69) is 9.98 Å². The minimum absolute atomic E-state index is 0.0209. The van der Waals surface area contributed by atoms with Crippen molar-refractivity contribution in [1.82, 2.24) is 4.98 Å². The SMILES string of the molecule is CCC(F)(F)S(=O)(=O)C1=C/C=C/COC(c2ncccc2S(=O)(=O)CC)=NC(C)=C1. The number of ether oxygens (including phenoxy) is 1. The number of halogens is 2. The molecule has 0 bridgehead atoms. The summed E-state index contributed by atoms with van der Waals surface area (Å²) in [5.41, 5.74) is -0.0270. The first kappa shape index (κ1) is 23.9. The topological polar surface area (TPSA) is 103 Å². The molecule has 0 N–H and O–H groups in total. The van der Waals surface area contributed by atoms with Crippen LogP contribution in [0.5, 0.6) is 0 Å². The highest BCUT2D eigenvalue weighted by atomic mass is 32.2. The number of sulfone groups is 2. The lowest BCUT2D eigenvalue weighted by Gasteiger charge is -2.16. The van der Waals surface area contributed by atoms with Crippen LogP contribution >= 0.6 is 0 Å². The molecule has 1 aromatic heterocycles. The molecule has 7 nitrogen and oxygen atoms in total. The molecule has 0 amide bonds. The van der Waals surface area contributed by atoms with Crippen molar-refractivity contribution < 1.29 is 30.4 Å². The first-order valence-corrected chi connectivity index (χ1v) is 12.2. The van der Waals surface area contributed by atoms with Crippen molar-refractivity contribution in [3.05, 3.63) is 58.9 Å². The fourth-order valence-corrected chi connectivity index (χ4v) is 4.77. The van der Waals surface area contributed by atoms with Crippen molar-refractivity contribution >= 4 is 25.6 Å². The fraction of sp³-hybridized carbons (Fsp3) is 0.368. The molecule has 2 rings (SSSR count). The Kier molecular flexibility index (Phi) is 7.30. The molecule has 0 aromatic carbocycles. The number of rotatable bonds is 6. The van der Waals surface area contributed by atoms with Crippen molar-refractivity contribution in [3.8, 4) is 0 Å². The van der Waals surface area contributed by atoms with Crippen molar-refractivity contribution in [2.75, 3.05) is 12.4 Å². The quantitative estimate of drug-likeness (QED) is 0.645. The number of hydrogen-bond acceptors (Lipinski definition) is 7. The number of hydrogen-bond donors (Lipinski definition) is 0. The number of pyridine rings is 1. The van der Waals surface area contributed by atoms with E-state index in [1.165, 1.54) is 44.3 Å². The van der Waals surface area contributed by atoms with E-state index >= 15 is 0 Å². The lowest BCUT2D eigenvalue weighted by molar-refractivity contribution is 0.0891. The van der Waals surface area contributed by atoms with Gasteiger partial charge in [0, 0.05) is 18.3 Å². The van der Waals surface area contributed by atoms with Crippen LogP contribution in [0, 0.1) is 0 Å². The predicted molar refractivity (Wildman–Crippen MR) is 110 cm³/mol. The van der Waals surface area contributed by atoms with Crippen LogP contribution < -0.4 is 0 Å². The minimum Gasteiger partial charge on any atom is -0.472 e. The maximum absolute atomic E-state index is 14.0. The number of allylic oxidation sites excluding steroid dienone is 4. The molecular weight excluding hydrogens is 438 g/mol. The summed E-state index contributed by atoms with van der Waals surface area (Å²) in [6, 6.07) is 2.81.